The van der Waals surface area contributed by atoms with Crippen LogP contribution in [-0.4, -0.2) is 70.2 Å². The van der Waals surface area contributed by atoms with Gasteiger partial charge in [0.25, 0.3) is 36.0 Å². The normalized spacial score (nSPS) is 11.2. The largest absolute Gasteiger partial charge is 1.00 e. The number of hydrogen-bond donors (Lipinski definition) is 7. The molecule has 22 nitrogen and oxygen atoms in total. The van der Waals surface area contributed by atoms with E-state index in [-0.39, 0.29) is 159 Å². The number of benzene rings is 4. The Bertz CT molecular complexity index is 2510. The maximum atomic E-state index is 12.3. The number of phenols is 3. The fraction of sp³-hybridized carbons (Fsp3) is 0. The molecule has 0 aliphatic carbocycles. The Labute approximate surface area is 413 Å². The van der Waals surface area contributed by atoms with Crippen LogP contribution in [0.3, 0.4) is 0 Å². The predicted octanol–water partition coefficient (Wildman–Crippen LogP) is -7.17. The van der Waals surface area contributed by atoms with Crippen LogP contribution in [0.4, 0.5) is 34.1 Å². The molecule has 0 spiro atoms. The van der Waals surface area contributed by atoms with E-state index in [4.69, 9.17) is 5.73 Å². The van der Waals surface area contributed by atoms with Crippen molar-refractivity contribution in [3.05, 3.63) is 63.9 Å². The van der Waals surface area contributed by atoms with Crippen LogP contribution in [0.5, 0.6) is 17.2 Å². The molecule has 0 saturated heterocycles. The summed E-state index contributed by atoms with van der Waals surface area (Å²) in [5.41, 5.74) is 1.89. The Kier molecular flexibility index (Phi) is 23.2. The molecule has 0 fully saturated rings. The average molecular weight is 924 g/mol. The Balaban J connectivity index is -0.00000433. The molecule has 264 valence electrons. The number of aromatic carboxylic acids is 1. The number of hydrogen-bond acceptors (Lipinski definition) is 16. The van der Waals surface area contributed by atoms with E-state index in [9.17, 15) is 74.2 Å². The van der Waals surface area contributed by atoms with Gasteiger partial charge in [-0.25, -0.2) is 4.79 Å². The summed E-state index contributed by atoms with van der Waals surface area (Å²) in [5.74, 6) is -5.51. The van der Waals surface area contributed by atoms with Crippen LogP contribution >= 0.6 is 0 Å². The molecule has 54 heavy (non-hydrogen) atoms. The fourth-order valence-electron chi connectivity index (χ4n) is 3.95. The zero-order valence-corrected chi connectivity index (χ0v) is 40.6. The predicted molar refractivity (Wildman–Crippen MR) is 157 cm³/mol. The number of rotatable bonds is 9. The van der Waals surface area contributed by atoms with Gasteiger partial charge in [-0.15, -0.1) is 21.0 Å². The second-order valence-electron chi connectivity index (χ2n) is 9.17. The molecule has 31 heteroatoms. The van der Waals surface area contributed by atoms with Crippen LogP contribution in [0, 0.1) is 10.1 Å². The molecule has 0 unspecified atom stereocenters. The van der Waals surface area contributed by atoms with Gasteiger partial charge in [0.05, 0.1) is 15.5 Å². The summed E-state index contributed by atoms with van der Waals surface area (Å²) in [6, 6.07) is 4.17. The summed E-state index contributed by atoms with van der Waals surface area (Å²) in [6.07, 6.45) is 0. The standard InChI is InChI=1S/C23H16N6O16S3.2Cr.4Na/c24-13-2-1-10-11(18(13)27-26-15-6-9(46(37,38)39)5-12(20(15)30)23(33)34)7-16(47(40,41)42)19(21(10)31)28-25-14-3-8(29(35)36)4-17(22(14)32)48(43,44)45;;;;;;/h1-7H,(H9,24,25,26,27,28,30,31,32,33,34,37,38,39,40,41,42,43,44,45);;;;;;/q;;;4*+1/p-1. The van der Waals surface area contributed by atoms with Gasteiger partial charge in [0.1, 0.15) is 32.4 Å². The Morgan fingerprint density at radius 2 is 1.15 bits per heavy atom. The summed E-state index contributed by atoms with van der Waals surface area (Å²) < 4.78 is 99.7. The summed E-state index contributed by atoms with van der Waals surface area (Å²) in [7, 11) is -15.7. The average Bonchev–Trinajstić information content (AvgIpc) is 2.95. The maximum absolute atomic E-state index is 12.3. The van der Waals surface area contributed by atoms with Crippen LogP contribution in [0.2, 0.25) is 0 Å². The van der Waals surface area contributed by atoms with Crippen molar-refractivity contribution < 1.29 is 222 Å². The van der Waals surface area contributed by atoms with E-state index in [1.54, 1.807) is 0 Å². The number of carbonyl (C=O) groups is 1. The van der Waals surface area contributed by atoms with E-state index >= 15 is 0 Å². The molecule has 0 bridgehead atoms. The van der Waals surface area contributed by atoms with Crippen molar-refractivity contribution in [1.29, 1.82) is 0 Å². The van der Waals surface area contributed by atoms with Gasteiger partial charge in [-0.3, -0.25) is 23.8 Å². The first-order valence-electron chi connectivity index (χ1n) is 11.9. The number of carboxylic acids is 1. The molecule has 0 amide bonds. The molecule has 0 aliphatic heterocycles. The molecule has 0 saturated carbocycles. The van der Waals surface area contributed by atoms with Crippen LogP contribution in [0.25, 0.3) is 16.5 Å². The maximum Gasteiger partial charge on any atom is 1.00 e. The van der Waals surface area contributed by atoms with Crippen molar-refractivity contribution in [2.24, 2.45) is 20.5 Å². The van der Waals surface area contributed by atoms with Crippen LogP contribution in [0.1, 0.15) is 10.4 Å². The molecular formula is C23H15Cr2N6Na4O16S3+3. The SMILES string of the molecule is [Cr].[Cr].[NH-]c1ccc2c(O)c(N=Nc3cc([N+](=O)[O-])cc(S(=O)(=O)O)c3O)c(S(=O)(=O)O)cc2c1N=Nc1cc(S(=O)(=O)O)cc(C(=O)O)c1O.[Na+].[Na+].[Na+].[Na+]. The molecule has 8 N–H and O–H groups in total. The molecule has 0 aromatic heterocycles. The second-order valence-corrected chi connectivity index (χ2v) is 13.4. The molecular weight excluding hydrogens is 908 g/mol. The first kappa shape index (κ1) is 57.5. The topological polar surface area (TPSA) is 377 Å². The number of nitrogens with zero attached hydrogens (tertiary/aromatic N) is 5. The van der Waals surface area contributed by atoms with Gasteiger partial charge < -0.3 is 26.2 Å². The van der Waals surface area contributed by atoms with Crippen LogP contribution in [0.15, 0.2) is 77.6 Å². The number of non-ortho nitro benzene ring substituents is 1. The Hall–Kier alpha value is -0.795. The Morgan fingerprint density at radius 3 is 1.61 bits per heavy atom. The summed E-state index contributed by atoms with van der Waals surface area (Å²) in [4.78, 5) is 17.9. The third-order valence-electron chi connectivity index (χ3n) is 6.12. The first-order chi connectivity index (χ1) is 22.0. The number of phenolic OH excluding ortho intramolecular Hbond substituents is 2. The van der Waals surface area contributed by atoms with Gasteiger partial charge in [0.15, 0.2) is 17.2 Å². The second kappa shape index (κ2) is 21.8. The molecule has 0 atom stereocenters. The van der Waals surface area contributed by atoms with Gasteiger partial charge in [0.2, 0.25) is 0 Å². The van der Waals surface area contributed by atoms with Gasteiger partial charge in [-0.2, -0.15) is 30.4 Å². The minimum absolute atomic E-state index is 0. The van der Waals surface area contributed by atoms with Gasteiger partial charge in [0, 0.05) is 57.6 Å². The van der Waals surface area contributed by atoms with E-state index < -0.39 is 124 Å². The monoisotopic (exact) mass is 923 g/mol. The van der Waals surface area contributed by atoms with E-state index in [0.29, 0.717) is 24.3 Å². The van der Waals surface area contributed by atoms with Gasteiger partial charge in [-0.05, 0) is 18.2 Å². The van der Waals surface area contributed by atoms with Gasteiger partial charge >= 0.3 is 124 Å². The number of nitrogens with one attached hydrogen (secondary N) is 1. The third kappa shape index (κ3) is 12.9. The fourth-order valence-corrected chi connectivity index (χ4v) is 5.75. The van der Waals surface area contributed by atoms with Crippen molar-refractivity contribution in [3.8, 4) is 17.2 Å². The number of fused-ring (bicyclic) bond motifs is 1. The quantitative estimate of drug-likeness (QED) is 0.0270. The van der Waals surface area contributed by atoms with Crippen molar-refractivity contribution in [3.63, 3.8) is 0 Å². The van der Waals surface area contributed by atoms with Gasteiger partial charge in [-0.1, -0.05) is 12.1 Å². The van der Waals surface area contributed by atoms with Crippen molar-refractivity contribution in [2.45, 2.75) is 14.7 Å². The number of azo groups is 2. The van der Waals surface area contributed by atoms with Crippen LogP contribution < -0.4 is 118 Å². The molecule has 0 radical (unpaired) electrons. The smallest absolute Gasteiger partial charge is 0.697 e. The summed E-state index contributed by atoms with van der Waals surface area (Å²) in [5, 5.41) is 65.0. The minimum atomic E-state index is -5.41. The molecule has 4 aromatic carbocycles. The third-order valence-corrected chi connectivity index (χ3v) is 8.68. The number of carboxylic acid groups (broad SMARTS) is 1. The summed E-state index contributed by atoms with van der Waals surface area (Å²) in [6.45, 7) is 0. The van der Waals surface area contributed by atoms with E-state index in [0.717, 1.165) is 12.1 Å². The number of nitro benzene ring substituents is 1. The summed E-state index contributed by atoms with van der Waals surface area (Å²) >= 11 is 0. The Morgan fingerprint density at radius 1 is 0.648 bits per heavy atom. The molecule has 0 heterocycles. The van der Waals surface area contributed by atoms with Crippen molar-refractivity contribution in [1.82, 2.24) is 0 Å². The molecule has 4 aromatic rings. The van der Waals surface area contributed by atoms with E-state index in [1.165, 1.54) is 0 Å². The van der Waals surface area contributed by atoms with Crippen LogP contribution in [-0.2, 0) is 65.1 Å². The zero-order chi connectivity index (χ0) is 36.1. The number of aromatic hydroxyl groups is 3. The van der Waals surface area contributed by atoms with Crippen molar-refractivity contribution >= 4 is 81.2 Å². The van der Waals surface area contributed by atoms with Crippen molar-refractivity contribution in [2.75, 3.05) is 0 Å². The molecule has 0 aliphatic rings. The first-order valence-corrected chi connectivity index (χ1v) is 16.3. The van der Waals surface area contributed by atoms with E-state index in [2.05, 4.69) is 20.5 Å². The molecule has 4 rings (SSSR count). The minimum Gasteiger partial charge on any atom is -0.697 e. The number of nitro groups is 1. The zero-order valence-electron chi connectivity index (χ0n) is 27.6. The van der Waals surface area contributed by atoms with E-state index in [1.807, 2.05) is 0 Å².